The van der Waals surface area contributed by atoms with Gasteiger partial charge in [0, 0.05) is 15.9 Å². The van der Waals surface area contributed by atoms with Gasteiger partial charge in [-0.1, -0.05) is 46.3 Å². The highest BCUT2D eigenvalue weighted by Crippen LogP contribution is 2.24. The number of carbonyl (C=O) groups is 1. The maximum absolute atomic E-state index is 12.0. The number of thioether (sulfide) groups is 1. The van der Waals surface area contributed by atoms with Gasteiger partial charge in [-0.15, -0.1) is 11.8 Å². The first-order chi connectivity index (χ1) is 9.65. The van der Waals surface area contributed by atoms with Gasteiger partial charge in [0.2, 0.25) is 5.91 Å². The number of rotatable bonds is 5. The van der Waals surface area contributed by atoms with Gasteiger partial charge in [0.1, 0.15) is 0 Å². The van der Waals surface area contributed by atoms with Crippen LogP contribution in [0.25, 0.3) is 0 Å². The standard InChI is InChI=1S/C16H16BrNOS/c1-12(20-15-9-7-14(17)8-10-15)16(19)18-11-13-5-3-2-4-6-13/h2-10,12H,11H2,1H3,(H,18,19)/t12-/m0/s1. The van der Waals surface area contributed by atoms with Crippen molar-refractivity contribution in [3.05, 3.63) is 64.6 Å². The lowest BCUT2D eigenvalue weighted by atomic mass is 10.2. The molecule has 0 bridgehead atoms. The molecule has 2 aromatic rings. The van der Waals surface area contributed by atoms with Gasteiger partial charge in [-0.2, -0.15) is 0 Å². The summed E-state index contributed by atoms with van der Waals surface area (Å²) in [5, 5.41) is 2.85. The summed E-state index contributed by atoms with van der Waals surface area (Å²) < 4.78 is 1.04. The van der Waals surface area contributed by atoms with Crippen molar-refractivity contribution in [2.75, 3.05) is 0 Å². The summed E-state index contributed by atoms with van der Waals surface area (Å²) in [4.78, 5) is 13.1. The summed E-state index contributed by atoms with van der Waals surface area (Å²) in [5.41, 5.74) is 1.11. The number of hydrogen-bond acceptors (Lipinski definition) is 2. The highest BCUT2D eigenvalue weighted by Gasteiger charge is 2.13. The number of hydrogen-bond donors (Lipinski definition) is 1. The summed E-state index contributed by atoms with van der Waals surface area (Å²) in [6, 6.07) is 17.9. The third kappa shape index (κ3) is 4.69. The Kier molecular flexibility index (Phi) is 5.68. The fourth-order valence-electron chi connectivity index (χ4n) is 1.70. The molecule has 0 aliphatic rings. The van der Waals surface area contributed by atoms with Gasteiger partial charge >= 0.3 is 0 Å². The van der Waals surface area contributed by atoms with E-state index in [1.807, 2.05) is 61.5 Å². The van der Waals surface area contributed by atoms with E-state index in [-0.39, 0.29) is 11.2 Å². The molecule has 0 saturated carbocycles. The molecular formula is C16H16BrNOS. The van der Waals surface area contributed by atoms with Gasteiger partial charge in [0.15, 0.2) is 0 Å². The maximum atomic E-state index is 12.0. The highest BCUT2D eigenvalue weighted by atomic mass is 79.9. The topological polar surface area (TPSA) is 29.1 Å². The maximum Gasteiger partial charge on any atom is 0.233 e. The minimum absolute atomic E-state index is 0.0572. The average Bonchev–Trinajstić information content (AvgIpc) is 2.48. The zero-order chi connectivity index (χ0) is 14.4. The van der Waals surface area contributed by atoms with Crippen molar-refractivity contribution < 1.29 is 4.79 Å². The van der Waals surface area contributed by atoms with E-state index in [9.17, 15) is 4.79 Å². The molecule has 104 valence electrons. The Balaban J connectivity index is 1.84. The van der Waals surface area contributed by atoms with Crippen LogP contribution < -0.4 is 5.32 Å². The fourth-order valence-corrected chi connectivity index (χ4v) is 2.86. The zero-order valence-corrected chi connectivity index (χ0v) is 13.6. The second-order valence-corrected chi connectivity index (χ2v) is 6.75. The Labute approximate surface area is 132 Å². The van der Waals surface area contributed by atoms with Crippen LogP contribution in [0, 0.1) is 0 Å². The van der Waals surface area contributed by atoms with E-state index in [2.05, 4.69) is 21.2 Å². The summed E-state index contributed by atoms with van der Waals surface area (Å²) in [6.45, 7) is 2.50. The molecule has 1 amide bonds. The van der Waals surface area contributed by atoms with Crippen molar-refractivity contribution in [1.82, 2.24) is 5.32 Å². The van der Waals surface area contributed by atoms with Crippen molar-refractivity contribution >= 4 is 33.6 Å². The van der Waals surface area contributed by atoms with E-state index in [0.717, 1.165) is 14.9 Å². The smallest absolute Gasteiger partial charge is 0.233 e. The van der Waals surface area contributed by atoms with E-state index in [4.69, 9.17) is 0 Å². The summed E-state index contributed by atoms with van der Waals surface area (Å²) in [6.07, 6.45) is 0. The molecular weight excluding hydrogens is 334 g/mol. The molecule has 0 aromatic heterocycles. The molecule has 0 heterocycles. The third-order valence-electron chi connectivity index (χ3n) is 2.81. The lowest BCUT2D eigenvalue weighted by Gasteiger charge is -2.12. The van der Waals surface area contributed by atoms with Gasteiger partial charge in [-0.25, -0.2) is 0 Å². The van der Waals surface area contributed by atoms with Crippen molar-refractivity contribution in [3.8, 4) is 0 Å². The van der Waals surface area contributed by atoms with E-state index in [1.54, 1.807) is 11.8 Å². The second kappa shape index (κ2) is 7.50. The average molecular weight is 350 g/mol. The van der Waals surface area contributed by atoms with E-state index in [0.29, 0.717) is 6.54 Å². The number of carbonyl (C=O) groups excluding carboxylic acids is 1. The molecule has 1 N–H and O–H groups in total. The molecule has 2 aromatic carbocycles. The van der Waals surface area contributed by atoms with E-state index in [1.165, 1.54) is 0 Å². The van der Waals surface area contributed by atoms with Gasteiger partial charge in [0.05, 0.1) is 5.25 Å². The quantitative estimate of drug-likeness (QED) is 0.817. The van der Waals surface area contributed by atoms with Crippen LogP contribution in [0.1, 0.15) is 12.5 Å². The first-order valence-electron chi connectivity index (χ1n) is 6.39. The van der Waals surface area contributed by atoms with Crippen LogP contribution in [0.5, 0.6) is 0 Å². The minimum atomic E-state index is -0.111. The summed E-state index contributed by atoms with van der Waals surface area (Å²) in [7, 11) is 0. The van der Waals surface area contributed by atoms with E-state index >= 15 is 0 Å². The molecule has 4 heteroatoms. The molecule has 0 radical (unpaired) electrons. The molecule has 0 aliphatic heterocycles. The normalized spacial score (nSPS) is 11.9. The Morgan fingerprint density at radius 3 is 2.45 bits per heavy atom. The Morgan fingerprint density at radius 1 is 1.15 bits per heavy atom. The lowest BCUT2D eigenvalue weighted by molar-refractivity contribution is -0.120. The molecule has 1 atom stereocenters. The first kappa shape index (κ1) is 15.1. The van der Waals surface area contributed by atoms with Gasteiger partial charge < -0.3 is 5.32 Å². The highest BCUT2D eigenvalue weighted by molar-refractivity contribution is 9.10. The molecule has 0 fully saturated rings. The zero-order valence-electron chi connectivity index (χ0n) is 11.2. The Morgan fingerprint density at radius 2 is 1.80 bits per heavy atom. The van der Waals surface area contributed by atoms with Crippen LogP contribution in [0.2, 0.25) is 0 Å². The molecule has 2 nitrogen and oxygen atoms in total. The minimum Gasteiger partial charge on any atom is -0.351 e. The Hall–Kier alpha value is -1.26. The monoisotopic (exact) mass is 349 g/mol. The summed E-state index contributed by atoms with van der Waals surface area (Å²) in [5.74, 6) is 0.0572. The fraction of sp³-hybridized carbons (Fsp3) is 0.188. The number of nitrogens with one attached hydrogen (secondary N) is 1. The number of halogens is 1. The van der Waals surface area contributed by atoms with Crippen LogP contribution in [0.4, 0.5) is 0 Å². The van der Waals surface area contributed by atoms with Crippen molar-refractivity contribution in [3.63, 3.8) is 0 Å². The Bertz CT molecular complexity index is 556. The largest absolute Gasteiger partial charge is 0.351 e. The molecule has 0 unspecified atom stereocenters. The second-order valence-electron chi connectivity index (χ2n) is 4.42. The number of benzene rings is 2. The number of amides is 1. The van der Waals surface area contributed by atoms with Crippen molar-refractivity contribution in [1.29, 1.82) is 0 Å². The van der Waals surface area contributed by atoms with Gasteiger partial charge in [-0.05, 0) is 36.8 Å². The molecule has 20 heavy (non-hydrogen) atoms. The summed E-state index contributed by atoms with van der Waals surface area (Å²) >= 11 is 4.97. The molecule has 0 aliphatic carbocycles. The molecule has 2 rings (SSSR count). The predicted molar refractivity (Wildman–Crippen MR) is 87.7 cm³/mol. The van der Waals surface area contributed by atoms with Crippen molar-refractivity contribution in [2.45, 2.75) is 23.6 Å². The van der Waals surface area contributed by atoms with Crippen LogP contribution in [-0.4, -0.2) is 11.2 Å². The van der Waals surface area contributed by atoms with Crippen LogP contribution >= 0.6 is 27.7 Å². The van der Waals surface area contributed by atoms with Crippen LogP contribution in [0.15, 0.2) is 64.0 Å². The molecule has 0 spiro atoms. The van der Waals surface area contributed by atoms with Crippen molar-refractivity contribution in [2.24, 2.45) is 0 Å². The van der Waals surface area contributed by atoms with Gasteiger partial charge in [-0.3, -0.25) is 4.79 Å². The third-order valence-corrected chi connectivity index (χ3v) is 4.45. The predicted octanol–water partition coefficient (Wildman–Crippen LogP) is 4.25. The van der Waals surface area contributed by atoms with E-state index < -0.39 is 0 Å². The molecule has 0 saturated heterocycles. The van der Waals surface area contributed by atoms with Crippen LogP contribution in [0.3, 0.4) is 0 Å². The van der Waals surface area contributed by atoms with Gasteiger partial charge in [0.25, 0.3) is 0 Å². The lowest BCUT2D eigenvalue weighted by Crippen LogP contribution is -2.30. The van der Waals surface area contributed by atoms with Crippen LogP contribution in [-0.2, 0) is 11.3 Å². The first-order valence-corrected chi connectivity index (χ1v) is 8.06. The SMILES string of the molecule is C[C@H](Sc1ccc(Br)cc1)C(=O)NCc1ccccc1.